The minimum Gasteiger partial charge on any atom is -0.341 e. The fourth-order valence-corrected chi connectivity index (χ4v) is 2.46. The highest BCUT2D eigenvalue weighted by atomic mass is 35.5. The fraction of sp³-hybridized carbons (Fsp3) is 0.700. The van der Waals surface area contributed by atoms with Gasteiger partial charge in [-0.3, -0.25) is 0 Å². The van der Waals surface area contributed by atoms with Crippen LogP contribution in [0.15, 0.2) is 0 Å². The van der Waals surface area contributed by atoms with E-state index in [0.29, 0.717) is 12.0 Å². The van der Waals surface area contributed by atoms with Crippen molar-refractivity contribution in [1.29, 1.82) is 0 Å². The Hall–Kier alpha value is -0.610. The van der Waals surface area contributed by atoms with Gasteiger partial charge >= 0.3 is 0 Å². The Balaban J connectivity index is 2.15. The number of anilines is 1. The molecule has 0 bridgehead atoms. The maximum absolute atomic E-state index is 5.76. The highest BCUT2D eigenvalue weighted by Crippen LogP contribution is 2.24. The van der Waals surface area contributed by atoms with E-state index in [-0.39, 0.29) is 10.6 Å². The molecule has 0 atom stereocenters. The van der Waals surface area contributed by atoms with Crippen molar-refractivity contribution in [2.45, 2.75) is 38.1 Å². The normalized spacial score (nSPS) is 17.4. The summed E-state index contributed by atoms with van der Waals surface area (Å²) in [6.07, 6.45) is 6.21. The number of hydrogen-bond donors (Lipinski definition) is 0. The average molecular weight is 261 g/mol. The zero-order chi connectivity index (χ0) is 11.5. The molecule has 0 N–H and O–H groups in total. The molecule has 1 aliphatic carbocycles. The van der Waals surface area contributed by atoms with Gasteiger partial charge in [0.05, 0.1) is 0 Å². The van der Waals surface area contributed by atoms with Gasteiger partial charge in [-0.25, -0.2) is 0 Å². The van der Waals surface area contributed by atoms with E-state index in [0.717, 1.165) is 0 Å². The van der Waals surface area contributed by atoms with E-state index in [4.69, 9.17) is 23.2 Å². The van der Waals surface area contributed by atoms with Gasteiger partial charge in [0.1, 0.15) is 0 Å². The van der Waals surface area contributed by atoms with Crippen LogP contribution >= 0.6 is 23.2 Å². The van der Waals surface area contributed by atoms with Crippen molar-refractivity contribution < 1.29 is 0 Å². The van der Waals surface area contributed by atoms with Gasteiger partial charge in [0.25, 0.3) is 0 Å². The second-order valence-electron chi connectivity index (χ2n) is 4.08. The Kier molecular flexibility index (Phi) is 3.82. The molecular weight excluding hydrogens is 247 g/mol. The molecule has 0 aliphatic heterocycles. The largest absolute Gasteiger partial charge is 0.341 e. The third-order valence-corrected chi connectivity index (χ3v) is 3.34. The van der Waals surface area contributed by atoms with Crippen LogP contribution in [0.4, 0.5) is 5.95 Å². The van der Waals surface area contributed by atoms with Crippen molar-refractivity contribution >= 4 is 29.2 Å². The molecule has 4 nitrogen and oxygen atoms in total. The zero-order valence-electron chi connectivity index (χ0n) is 9.16. The van der Waals surface area contributed by atoms with E-state index in [9.17, 15) is 0 Å². The third-order valence-electron chi connectivity index (χ3n) is 3.01. The number of halogens is 2. The quantitative estimate of drug-likeness (QED) is 0.820. The second-order valence-corrected chi connectivity index (χ2v) is 4.75. The number of nitrogens with zero attached hydrogens (tertiary/aromatic N) is 4. The summed E-state index contributed by atoms with van der Waals surface area (Å²) in [5.41, 5.74) is 0. The van der Waals surface area contributed by atoms with E-state index >= 15 is 0 Å². The van der Waals surface area contributed by atoms with Crippen LogP contribution in [0.1, 0.15) is 32.1 Å². The van der Waals surface area contributed by atoms with E-state index in [1.165, 1.54) is 32.1 Å². The Labute approximate surface area is 105 Å². The van der Waals surface area contributed by atoms with Crippen LogP contribution in [0.25, 0.3) is 0 Å². The predicted molar refractivity (Wildman–Crippen MR) is 65.1 cm³/mol. The van der Waals surface area contributed by atoms with Crippen molar-refractivity contribution in [1.82, 2.24) is 15.0 Å². The van der Waals surface area contributed by atoms with Crippen LogP contribution in [0.5, 0.6) is 0 Å². The summed E-state index contributed by atoms with van der Waals surface area (Å²) < 4.78 is 0. The van der Waals surface area contributed by atoms with E-state index in [1.807, 2.05) is 7.05 Å². The Morgan fingerprint density at radius 1 is 1.00 bits per heavy atom. The molecule has 1 aromatic rings. The lowest BCUT2D eigenvalue weighted by Gasteiger charge is -2.31. The molecule has 1 heterocycles. The van der Waals surface area contributed by atoms with E-state index < -0.39 is 0 Å². The molecule has 88 valence electrons. The molecule has 0 aromatic carbocycles. The standard InChI is InChI=1S/C10H14Cl2N4/c1-16(7-5-3-2-4-6-7)10-14-8(11)13-9(12)15-10/h7H,2-6H2,1H3. The molecule has 0 saturated heterocycles. The van der Waals surface area contributed by atoms with Crippen LogP contribution in [-0.4, -0.2) is 28.0 Å². The lowest BCUT2D eigenvalue weighted by atomic mass is 9.95. The molecule has 0 unspecified atom stereocenters. The van der Waals surface area contributed by atoms with Gasteiger partial charge in [0.2, 0.25) is 16.5 Å². The molecule has 16 heavy (non-hydrogen) atoms. The smallest absolute Gasteiger partial charge is 0.230 e. The second kappa shape index (κ2) is 5.15. The first-order chi connectivity index (χ1) is 7.66. The van der Waals surface area contributed by atoms with Crippen LogP contribution in [0.3, 0.4) is 0 Å². The molecule has 6 heteroatoms. The molecule has 2 rings (SSSR count). The minimum absolute atomic E-state index is 0.151. The zero-order valence-corrected chi connectivity index (χ0v) is 10.7. The number of hydrogen-bond acceptors (Lipinski definition) is 4. The van der Waals surface area contributed by atoms with Crippen LogP contribution in [0, 0.1) is 0 Å². The summed E-state index contributed by atoms with van der Waals surface area (Å²) in [6, 6.07) is 0.489. The molecular formula is C10H14Cl2N4. The SMILES string of the molecule is CN(c1nc(Cl)nc(Cl)n1)C1CCCCC1. The molecule has 1 saturated carbocycles. The van der Waals surface area contributed by atoms with Gasteiger partial charge in [-0.15, -0.1) is 0 Å². The summed E-state index contributed by atoms with van der Waals surface area (Å²) in [4.78, 5) is 14.0. The van der Waals surface area contributed by atoms with Crippen LogP contribution < -0.4 is 4.90 Å². The lowest BCUT2D eigenvalue weighted by Crippen LogP contribution is -2.34. The molecule has 0 spiro atoms. The summed E-state index contributed by atoms with van der Waals surface area (Å²) >= 11 is 11.5. The Bertz CT molecular complexity index is 346. The van der Waals surface area contributed by atoms with Crippen molar-refractivity contribution in [2.24, 2.45) is 0 Å². The van der Waals surface area contributed by atoms with Crippen LogP contribution in [-0.2, 0) is 0 Å². The number of aromatic nitrogens is 3. The summed E-state index contributed by atoms with van der Waals surface area (Å²) in [7, 11) is 1.98. The average Bonchev–Trinajstić information content (AvgIpc) is 2.28. The summed E-state index contributed by atoms with van der Waals surface area (Å²) in [5, 5.41) is 0.301. The van der Waals surface area contributed by atoms with Gasteiger partial charge in [0.15, 0.2) is 0 Å². The first kappa shape index (κ1) is 11.9. The topological polar surface area (TPSA) is 41.9 Å². The van der Waals surface area contributed by atoms with Gasteiger partial charge in [-0.1, -0.05) is 19.3 Å². The highest BCUT2D eigenvalue weighted by molar-refractivity contribution is 6.31. The van der Waals surface area contributed by atoms with Gasteiger partial charge in [-0.2, -0.15) is 15.0 Å². The maximum atomic E-state index is 5.76. The summed E-state index contributed by atoms with van der Waals surface area (Å²) in [6.45, 7) is 0. The molecule has 1 fully saturated rings. The first-order valence-corrected chi connectivity index (χ1v) is 6.22. The minimum atomic E-state index is 0.151. The van der Waals surface area contributed by atoms with E-state index in [2.05, 4.69) is 19.9 Å². The molecule has 1 aliphatic rings. The molecule has 0 radical (unpaired) electrons. The van der Waals surface area contributed by atoms with Crippen molar-refractivity contribution in [3.63, 3.8) is 0 Å². The Morgan fingerprint density at radius 2 is 1.56 bits per heavy atom. The number of rotatable bonds is 2. The van der Waals surface area contributed by atoms with Crippen LogP contribution in [0.2, 0.25) is 10.6 Å². The maximum Gasteiger partial charge on any atom is 0.230 e. The fourth-order valence-electron chi connectivity index (χ4n) is 2.11. The monoisotopic (exact) mass is 260 g/mol. The van der Waals surface area contributed by atoms with Crippen molar-refractivity contribution in [3.8, 4) is 0 Å². The third kappa shape index (κ3) is 2.74. The highest BCUT2D eigenvalue weighted by Gasteiger charge is 2.20. The summed E-state index contributed by atoms with van der Waals surface area (Å²) in [5.74, 6) is 0.567. The van der Waals surface area contributed by atoms with Crippen molar-refractivity contribution in [2.75, 3.05) is 11.9 Å². The Morgan fingerprint density at radius 3 is 2.12 bits per heavy atom. The van der Waals surface area contributed by atoms with Gasteiger partial charge in [0, 0.05) is 13.1 Å². The predicted octanol–water partition coefficient (Wildman–Crippen LogP) is 2.95. The van der Waals surface area contributed by atoms with Crippen molar-refractivity contribution in [3.05, 3.63) is 10.6 Å². The molecule has 1 aromatic heterocycles. The molecule has 0 amide bonds. The van der Waals surface area contributed by atoms with Gasteiger partial charge < -0.3 is 4.90 Å². The van der Waals surface area contributed by atoms with Gasteiger partial charge in [-0.05, 0) is 36.0 Å². The van der Waals surface area contributed by atoms with E-state index in [1.54, 1.807) is 0 Å². The lowest BCUT2D eigenvalue weighted by molar-refractivity contribution is 0.424. The first-order valence-electron chi connectivity index (χ1n) is 5.47.